The molecule has 1 saturated heterocycles. The topological polar surface area (TPSA) is 66.7 Å². The summed E-state index contributed by atoms with van der Waals surface area (Å²) >= 11 is 0. The lowest BCUT2D eigenvalue weighted by Gasteiger charge is -2.05. The van der Waals surface area contributed by atoms with Crippen molar-refractivity contribution in [2.75, 3.05) is 6.54 Å². The third-order valence-electron chi connectivity index (χ3n) is 3.66. The second kappa shape index (κ2) is 4.20. The summed E-state index contributed by atoms with van der Waals surface area (Å²) < 4.78 is 5.33. The number of aromatic amines is 1. The SMILES string of the molecule is c1nc2ccc(-c3cc(C4CCCN4)[nH]n3)cc2o1. The zero-order valence-corrected chi connectivity index (χ0v) is 10.4. The van der Waals surface area contributed by atoms with Crippen molar-refractivity contribution in [2.45, 2.75) is 18.9 Å². The van der Waals surface area contributed by atoms with Crippen LogP contribution < -0.4 is 5.32 Å². The zero-order valence-electron chi connectivity index (χ0n) is 10.4. The van der Waals surface area contributed by atoms with Gasteiger partial charge in [-0.1, -0.05) is 6.07 Å². The molecule has 1 aromatic carbocycles. The normalized spacial score (nSPS) is 19.3. The lowest BCUT2D eigenvalue weighted by Crippen LogP contribution is -2.12. The average Bonchev–Trinajstić information content (AvgIpc) is 3.18. The van der Waals surface area contributed by atoms with Gasteiger partial charge in [0, 0.05) is 11.6 Å². The first kappa shape index (κ1) is 10.8. The molecule has 3 aromatic rings. The van der Waals surface area contributed by atoms with E-state index in [9.17, 15) is 0 Å². The Balaban J connectivity index is 1.70. The van der Waals surface area contributed by atoms with E-state index in [0.29, 0.717) is 6.04 Å². The number of benzene rings is 1. The first-order valence-corrected chi connectivity index (χ1v) is 6.52. The Bertz CT molecular complexity index is 709. The van der Waals surface area contributed by atoms with Crippen LogP contribution in [0.2, 0.25) is 0 Å². The van der Waals surface area contributed by atoms with E-state index in [1.54, 1.807) is 0 Å². The molecule has 1 aliphatic heterocycles. The molecule has 1 unspecified atom stereocenters. The van der Waals surface area contributed by atoms with Crippen molar-refractivity contribution < 1.29 is 4.42 Å². The Kier molecular flexibility index (Phi) is 2.38. The number of H-pyrrole nitrogens is 1. The molecule has 96 valence electrons. The largest absolute Gasteiger partial charge is 0.443 e. The molecule has 4 rings (SSSR count). The molecule has 2 aromatic heterocycles. The molecule has 2 N–H and O–H groups in total. The second-order valence-corrected chi connectivity index (χ2v) is 4.89. The van der Waals surface area contributed by atoms with Gasteiger partial charge in [-0.15, -0.1) is 0 Å². The molecule has 1 fully saturated rings. The van der Waals surface area contributed by atoms with Gasteiger partial charge in [0.25, 0.3) is 0 Å². The van der Waals surface area contributed by atoms with Gasteiger partial charge in [0.05, 0.1) is 11.4 Å². The molecule has 0 aliphatic carbocycles. The highest BCUT2D eigenvalue weighted by Gasteiger charge is 2.18. The van der Waals surface area contributed by atoms with Crippen LogP contribution in [0.15, 0.2) is 35.1 Å². The molecule has 0 bridgehead atoms. The lowest BCUT2D eigenvalue weighted by molar-refractivity contribution is 0.602. The third-order valence-corrected chi connectivity index (χ3v) is 3.66. The minimum absolute atomic E-state index is 0.412. The van der Waals surface area contributed by atoms with Crippen molar-refractivity contribution in [1.29, 1.82) is 0 Å². The number of oxazole rings is 1. The average molecular weight is 254 g/mol. The van der Waals surface area contributed by atoms with Crippen LogP contribution in [0.4, 0.5) is 0 Å². The molecule has 1 aliphatic rings. The number of fused-ring (bicyclic) bond motifs is 1. The molecule has 3 heterocycles. The standard InChI is InChI=1S/C14H14N4O/c1-2-10(15-5-1)13-7-12(17-18-13)9-3-4-11-14(6-9)19-8-16-11/h3-4,6-8,10,15H,1-2,5H2,(H,17,18). The summed E-state index contributed by atoms with van der Waals surface area (Å²) in [6.07, 6.45) is 3.86. The second-order valence-electron chi connectivity index (χ2n) is 4.89. The van der Waals surface area contributed by atoms with Gasteiger partial charge >= 0.3 is 0 Å². The monoisotopic (exact) mass is 254 g/mol. The number of nitrogens with one attached hydrogen (secondary N) is 2. The highest BCUT2D eigenvalue weighted by atomic mass is 16.3. The van der Waals surface area contributed by atoms with Crippen LogP contribution in [0.3, 0.4) is 0 Å². The molecule has 0 saturated carbocycles. The summed E-state index contributed by atoms with van der Waals surface area (Å²) in [6, 6.07) is 8.48. The van der Waals surface area contributed by atoms with Crippen LogP contribution in [0.1, 0.15) is 24.6 Å². The van der Waals surface area contributed by atoms with E-state index in [1.165, 1.54) is 19.2 Å². The molecular weight excluding hydrogens is 240 g/mol. The van der Waals surface area contributed by atoms with Crippen molar-refractivity contribution in [3.63, 3.8) is 0 Å². The Hall–Kier alpha value is -2.14. The van der Waals surface area contributed by atoms with E-state index < -0.39 is 0 Å². The quantitative estimate of drug-likeness (QED) is 0.737. The van der Waals surface area contributed by atoms with E-state index in [-0.39, 0.29) is 0 Å². The molecule has 0 amide bonds. The summed E-state index contributed by atoms with van der Waals surface area (Å²) in [5.41, 5.74) is 4.81. The van der Waals surface area contributed by atoms with Gasteiger partial charge in [-0.2, -0.15) is 5.10 Å². The molecule has 0 radical (unpaired) electrons. The predicted molar refractivity (Wildman–Crippen MR) is 71.6 cm³/mol. The van der Waals surface area contributed by atoms with Crippen LogP contribution in [0.25, 0.3) is 22.4 Å². The first-order chi connectivity index (χ1) is 9.40. The number of hydrogen-bond acceptors (Lipinski definition) is 4. The maximum Gasteiger partial charge on any atom is 0.181 e. The Morgan fingerprint density at radius 1 is 1.26 bits per heavy atom. The van der Waals surface area contributed by atoms with Crippen molar-refractivity contribution in [3.8, 4) is 11.3 Å². The maximum absolute atomic E-state index is 5.33. The van der Waals surface area contributed by atoms with Gasteiger partial charge < -0.3 is 9.73 Å². The van der Waals surface area contributed by atoms with Crippen molar-refractivity contribution >= 4 is 11.1 Å². The number of aromatic nitrogens is 3. The van der Waals surface area contributed by atoms with Crippen molar-refractivity contribution in [3.05, 3.63) is 36.4 Å². The zero-order chi connectivity index (χ0) is 12.7. The number of hydrogen-bond donors (Lipinski definition) is 2. The Morgan fingerprint density at radius 3 is 3.16 bits per heavy atom. The number of rotatable bonds is 2. The van der Waals surface area contributed by atoms with E-state index >= 15 is 0 Å². The van der Waals surface area contributed by atoms with Gasteiger partial charge in [-0.3, -0.25) is 5.10 Å². The Morgan fingerprint density at radius 2 is 2.26 bits per heavy atom. The number of nitrogens with zero attached hydrogens (tertiary/aromatic N) is 2. The fraction of sp³-hybridized carbons (Fsp3) is 0.286. The predicted octanol–water partition coefficient (Wildman–Crippen LogP) is 2.64. The fourth-order valence-corrected chi connectivity index (χ4v) is 2.63. The highest BCUT2D eigenvalue weighted by molar-refractivity contribution is 5.78. The van der Waals surface area contributed by atoms with Crippen LogP contribution in [0, 0.1) is 0 Å². The molecule has 19 heavy (non-hydrogen) atoms. The van der Waals surface area contributed by atoms with Crippen molar-refractivity contribution in [2.24, 2.45) is 0 Å². The van der Waals surface area contributed by atoms with Crippen LogP contribution in [0.5, 0.6) is 0 Å². The van der Waals surface area contributed by atoms with Crippen LogP contribution >= 0.6 is 0 Å². The maximum atomic E-state index is 5.33. The van der Waals surface area contributed by atoms with E-state index in [2.05, 4.69) is 26.6 Å². The lowest BCUT2D eigenvalue weighted by atomic mass is 10.1. The fourth-order valence-electron chi connectivity index (χ4n) is 2.63. The van der Waals surface area contributed by atoms with Crippen LogP contribution in [-0.4, -0.2) is 21.7 Å². The van der Waals surface area contributed by atoms with Crippen LogP contribution in [-0.2, 0) is 0 Å². The van der Waals surface area contributed by atoms with Gasteiger partial charge in [0.1, 0.15) is 5.52 Å². The van der Waals surface area contributed by atoms with Crippen molar-refractivity contribution in [1.82, 2.24) is 20.5 Å². The first-order valence-electron chi connectivity index (χ1n) is 6.52. The summed E-state index contributed by atoms with van der Waals surface area (Å²) in [5, 5.41) is 11.0. The van der Waals surface area contributed by atoms with Gasteiger partial charge in [0.15, 0.2) is 12.0 Å². The summed E-state index contributed by atoms with van der Waals surface area (Å²) in [5.74, 6) is 0. The highest BCUT2D eigenvalue weighted by Crippen LogP contribution is 2.27. The smallest absolute Gasteiger partial charge is 0.181 e. The van der Waals surface area contributed by atoms with Gasteiger partial charge in [0.2, 0.25) is 0 Å². The van der Waals surface area contributed by atoms with E-state index in [0.717, 1.165) is 34.6 Å². The summed E-state index contributed by atoms with van der Waals surface area (Å²) in [6.45, 7) is 1.09. The minimum Gasteiger partial charge on any atom is -0.443 e. The minimum atomic E-state index is 0.412. The Labute approximate surface area is 110 Å². The third kappa shape index (κ3) is 1.82. The summed E-state index contributed by atoms with van der Waals surface area (Å²) in [7, 11) is 0. The summed E-state index contributed by atoms with van der Waals surface area (Å²) in [4.78, 5) is 4.12. The molecule has 5 nitrogen and oxygen atoms in total. The van der Waals surface area contributed by atoms with Gasteiger partial charge in [-0.05, 0) is 37.6 Å². The molecular formula is C14H14N4O. The molecule has 0 spiro atoms. The molecule has 5 heteroatoms. The van der Waals surface area contributed by atoms with E-state index in [4.69, 9.17) is 4.42 Å². The molecule has 1 atom stereocenters. The van der Waals surface area contributed by atoms with Gasteiger partial charge in [-0.25, -0.2) is 4.98 Å². The van der Waals surface area contributed by atoms with E-state index in [1.807, 2.05) is 18.2 Å².